The van der Waals surface area contributed by atoms with E-state index < -0.39 is 5.09 Å². The van der Waals surface area contributed by atoms with Crippen molar-refractivity contribution in [3.05, 3.63) is 16.5 Å². The highest BCUT2D eigenvalue weighted by atomic mass is 17.0. The molecule has 1 atom stereocenters. The van der Waals surface area contributed by atoms with E-state index in [2.05, 4.69) is 4.84 Å². The lowest BCUT2D eigenvalue weighted by Crippen LogP contribution is -2.12. The number of nitrogens with zero attached hydrogens (tertiary/aromatic N) is 1. The summed E-state index contributed by atoms with van der Waals surface area (Å²) < 4.78 is 0. The molecule has 0 spiro atoms. The molecule has 9 heavy (non-hydrogen) atoms. The lowest BCUT2D eigenvalue weighted by atomic mass is 10.3. The van der Waals surface area contributed by atoms with Crippen LogP contribution in [-0.4, -0.2) is 11.2 Å². The fourth-order valence-electron chi connectivity index (χ4n) is 0.947. The van der Waals surface area contributed by atoms with Crippen molar-refractivity contribution in [2.24, 2.45) is 0 Å². The average Bonchev–Trinajstić information content (AvgIpc) is 2.15. The van der Waals surface area contributed by atoms with Gasteiger partial charge < -0.3 is 4.84 Å². The van der Waals surface area contributed by atoms with Gasteiger partial charge in [-0.05, 0) is 19.3 Å². The smallest absolute Gasteiger partial charge is 0.294 e. The summed E-state index contributed by atoms with van der Waals surface area (Å²) in [5, 5.41) is 8.99. The molecule has 0 N–H and O–H groups in total. The van der Waals surface area contributed by atoms with Gasteiger partial charge in [0.1, 0.15) is 6.10 Å². The Morgan fingerprint density at radius 3 is 3.00 bits per heavy atom. The first-order chi connectivity index (χ1) is 4.29. The largest absolute Gasteiger partial charge is 0.310 e. The van der Waals surface area contributed by atoms with E-state index in [-0.39, 0.29) is 6.10 Å². The van der Waals surface area contributed by atoms with E-state index in [1.807, 2.05) is 6.42 Å². The fraction of sp³-hybridized carbons (Fsp3) is 0.800. The van der Waals surface area contributed by atoms with Crippen molar-refractivity contribution in [1.29, 1.82) is 0 Å². The quantitative estimate of drug-likeness (QED) is 0.413. The molecular weight excluding hydrogens is 122 g/mol. The molecule has 0 heterocycles. The Bertz CT molecular complexity index is 109. The SMILES string of the molecule is O=[N+]([O-])OC1[CH]CCC1. The molecule has 1 aliphatic carbocycles. The van der Waals surface area contributed by atoms with Crippen LogP contribution in [0, 0.1) is 16.5 Å². The number of rotatable bonds is 2. The number of hydrogen-bond donors (Lipinski definition) is 0. The second kappa shape index (κ2) is 2.66. The van der Waals surface area contributed by atoms with Crippen molar-refractivity contribution < 1.29 is 9.92 Å². The zero-order chi connectivity index (χ0) is 6.69. The van der Waals surface area contributed by atoms with Gasteiger partial charge in [0.25, 0.3) is 5.09 Å². The zero-order valence-electron chi connectivity index (χ0n) is 4.95. The van der Waals surface area contributed by atoms with Gasteiger partial charge in [-0.3, -0.25) is 0 Å². The van der Waals surface area contributed by atoms with Crippen LogP contribution in [0.1, 0.15) is 19.3 Å². The molecule has 1 aliphatic rings. The third-order valence-electron chi connectivity index (χ3n) is 1.34. The van der Waals surface area contributed by atoms with Gasteiger partial charge in [-0.1, -0.05) is 6.42 Å². The monoisotopic (exact) mass is 130 g/mol. The van der Waals surface area contributed by atoms with E-state index in [1.54, 1.807) is 0 Å². The van der Waals surface area contributed by atoms with E-state index >= 15 is 0 Å². The highest BCUT2D eigenvalue weighted by Gasteiger charge is 2.18. The Morgan fingerprint density at radius 1 is 1.78 bits per heavy atom. The maximum absolute atomic E-state index is 9.72. The molecule has 0 aromatic carbocycles. The van der Waals surface area contributed by atoms with Crippen LogP contribution < -0.4 is 0 Å². The standard InChI is InChI=1S/C5H8NO3/c7-6(8)9-5-3-1-2-4-5/h3,5H,1-2,4H2. The van der Waals surface area contributed by atoms with Gasteiger partial charge in [0.15, 0.2) is 0 Å². The summed E-state index contributed by atoms with van der Waals surface area (Å²) in [6.07, 6.45) is 4.35. The van der Waals surface area contributed by atoms with Gasteiger partial charge >= 0.3 is 0 Å². The predicted octanol–water partition coefficient (Wildman–Crippen LogP) is 0.951. The molecule has 0 bridgehead atoms. The molecule has 0 aromatic rings. The van der Waals surface area contributed by atoms with E-state index in [4.69, 9.17) is 0 Å². The molecular formula is C5H8NO3. The summed E-state index contributed by atoms with van der Waals surface area (Å²) in [5.74, 6) is 0. The molecule has 0 aliphatic heterocycles. The van der Waals surface area contributed by atoms with Gasteiger partial charge in [-0.2, -0.15) is 0 Å². The Hall–Kier alpha value is -0.800. The topological polar surface area (TPSA) is 52.4 Å². The van der Waals surface area contributed by atoms with Crippen LogP contribution in [0.3, 0.4) is 0 Å². The van der Waals surface area contributed by atoms with E-state index in [9.17, 15) is 10.1 Å². The lowest BCUT2D eigenvalue weighted by Gasteiger charge is -2.02. The molecule has 1 unspecified atom stereocenters. The van der Waals surface area contributed by atoms with Crippen molar-refractivity contribution in [3.63, 3.8) is 0 Å². The van der Waals surface area contributed by atoms with Crippen LogP contribution in [0.5, 0.6) is 0 Å². The summed E-state index contributed by atoms with van der Waals surface area (Å²) in [6, 6.07) is 0. The molecule has 1 saturated carbocycles. The fourth-order valence-corrected chi connectivity index (χ4v) is 0.947. The van der Waals surface area contributed by atoms with Crippen LogP contribution in [0.15, 0.2) is 0 Å². The molecule has 0 saturated heterocycles. The maximum atomic E-state index is 9.72. The van der Waals surface area contributed by atoms with Crippen molar-refractivity contribution in [3.8, 4) is 0 Å². The molecule has 1 fully saturated rings. The third-order valence-corrected chi connectivity index (χ3v) is 1.34. The van der Waals surface area contributed by atoms with Gasteiger partial charge in [0.2, 0.25) is 0 Å². The van der Waals surface area contributed by atoms with Crippen molar-refractivity contribution in [1.82, 2.24) is 0 Å². The summed E-state index contributed by atoms with van der Waals surface area (Å²) in [7, 11) is 0. The van der Waals surface area contributed by atoms with Crippen LogP contribution in [0.2, 0.25) is 0 Å². The minimum atomic E-state index is -0.730. The minimum Gasteiger partial charge on any atom is -0.310 e. The molecule has 4 nitrogen and oxygen atoms in total. The first kappa shape index (κ1) is 6.32. The van der Waals surface area contributed by atoms with Crippen LogP contribution >= 0.6 is 0 Å². The van der Waals surface area contributed by atoms with E-state index in [1.165, 1.54) is 0 Å². The molecule has 51 valence electrons. The molecule has 1 radical (unpaired) electrons. The second-order valence-electron chi connectivity index (χ2n) is 2.03. The Kier molecular flexibility index (Phi) is 1.87. The van der Waals surface area contributed by atoms with Crippen molar-refractivity contribution in [2.45, 2.75) is 25.4 Å². The maximum Gasteiger partial charge on any atom is 0.294 e. The first-order valence-corrected chi connectivity index (χ1v) is 2.93. The Morgan fingerprint density at radius 2 is 2.56 bits per heavy atom. The van der Waals surface area contributed by atoms with Crippen molar-refractivity contribution >= 4 is 0 Å². The Balaban J connectivity index is 2.19. The molecule has 1 rings (SSSR count). The van der Waals surface area contributed by atoms with E-state index in [0.717, 1.165) is 19.3 Å². The Labute approximate surface area is 52.9 Å². The second-order valence-corrected chi connectivity index (χ2v) is 2.03. The minimum absolute atomic E-state index is 0.236. The highest BCUT2D eigenvalue weighted by Crippen LogP contribution is 2.19. The predicted molar refractivity (Wildman–Crippen MR) is 30.0 cm³/mol. The van der Waals surface area contributed by atoms with Crippen LogP contribution in [0.4, 0.5) is 0 Å². The van der Waals surface area contributed by atoms with Crippen molar-refractivity contribution in [2.75, 3.05) is 0 Å². The first-order valence-electron chi connectivity index (χ1n) is 2.93. The zero-order valence-corrected chi connectivity index (χ0v) is 4.95. The van der Waals surface area contributed by atoms with E-state index in [0.29, 0.717) is 0 Å². The van der Waals surface area contributed by atoms with Crippen LogP contribution in [-0.2, 0) is 4.84 Å². The van der Waals surface area contributed by atoms with Gasteiger partial charge in [0, 0.05) is 0 Å². The average molecular weight is 130 g/mol. The summed E-state index contributed by atoms with van der Waals surface area (Å²) >= 11 is 0. The number of hydrogen-bond acceptors (Lipinski definition) is 3. The molecule has 0 amide bonds. The lowest BCUT2D eigenvalue weighted by molar-refractivity contribution is -0.766. The summed E-state index contributed by atoms with van der Waals surface area (Å²) in [5.41, 5.74) is 0. The molecule has 4 heteroatoms. The van der Waals surface area contributed by atoms with Crippen LogP contribution in [0.25, 0.3) is 0 Å². The highest BCUT2D eigenvalue weighted by molar-refractivity contribution is 4.83. The molecule has 0 aromatic heterocycles. The normalized spacial score (nSPS) is 20.0. The van der Waals surface area contributed by atoms with Gasteiger partial charge in [-0.25, -0.2) is 0 Å². The third kappa shape index (κ3) is 1.87. The van der Waals surface area contributed by atoms with Gasteiger partial charge in [0.05, 0.1) is 0 Å². The van der Waals surface area contributed by atoms with Gasteiger partial charge in [-0.15, -0.1) is 10.1 Å². The summed E-state index contributed by atoms with van der Waals surface area (Å²) in [4.78, 5) is 14.0. The summed E-state index contributed by atoms with van der Waals surface area (Å²) in [6.45, 7) is 0.